The summed E-state index contributed by atoms with van der Waals surface area (Å²) < 4.78 is 17.2. The van der Waals surface area contributed by atoms with Crippen LogP contribution in [0.1, 0.15) is 12.5 Å². The third-order valence-electron chi connectivity index (χ3n) is 5.14. The van der Waals surface area contributed by atoms with Gasteiger partial charge in [-0.15, -0.1) is 0 Å². The Morgan fingerprint density at radius 1 is 1.14 bits per heavy atom. The lowest BCUT2D eigenvalue weighted by Crippen LogP contribution is -2.46. The molecule has 0 aliphatic carbocycles. The van der Waals surface area contributed by atoms with Crippen LogP contribution in [0.5, 0.6) is 17.2 Å². The van der Waals surface area contributed by atoms with Gasteiger partial charge in [0, 0.05) is 19.7 Å². The third kappa shape index (κ3) is 4.31. The first kappa shape index (κ1) is 19.2. The quantitative estimate of drug-likeness (QED) is 0.729. The number of nitrogens with zero attached hydrogens (tertiary/aromatic N) is 2. The first-order valence-corrected chi connectivity index (χ1v) is 9.97. The minimum atomic E-state index is -0.0681. The van der Waals surface area contributed by atoms with Crippen LogP contribution in [0, 0.1) is 0 Å². The standard InChI is InChI=1S/C23H26N2O4/c1-3-25-16-18(29-20-7-5-4-6-19(20)25)15-24(2)23(26)11-9-17-8-10-21-22(14-17)28-13-12-27-21/h4-11,14,18H,3,12-13,15-16H2,1-2H3/b11-9+/t18-/m0/s1. The van der Waals surface area contributed by atoms with Crippen molar-refractivity contribution >= 4 is 17.7 Å². The molecular formula is C23H26N2O4. The zero-order chi connectivity index (χ0) is 20.2. The summed E-state index contributed by atoms with van der Waals surface area (Å²) >= 11 is 0. The number of carbonyl (C=O) groups is 1. The van der Waals surface area contributed by atoms with E-state index in [9.17, 15) is 4.79 Å². The van der Waals surface area contributed by atoms with Crippen molar-refractivity contribution < 1.29 is 19.0 Å². The van der Waals surface area contributed by atoms with E-state index in [4.69, 9.17) is 14.2 Å². The summed E-state index contributed by atoms with van der Waals surface area (Å²) in [6.07, 6.45) is 3.31. The van der Waals surface area contributed by atoms with Gasteiger partial charge < -0.3 is 24.0 Å². The number of anilines is 1. The molecule has 2 aromatic carbocycles. The Balaban J connectivity index is 1.38. The number of likely N-dealkylation sites (N-methyl/N-ethyl adjacent to an activating group) is 2. The van der Waals surface area contributed by atoms with Crippen LogP contribution < -0.4 is 19.1 Å². The molecule has 0 saturated carbocycles. The summed E-state index contributed by atoms with van der Waals surface area (Å²) in [4.78, 5) is 16.6. The Morgan fingerprint density at radius 2 is 1.93 bits per heavy atom. The minimum absolute atomic E-state index is 0.0644. The van der Waals surface area contributed by atoms with Crippen LogP contribution in [0.15, 0.2) is 48.5 Å². The number of rotatable bonds is 5. The van der Waals surface area contributed by atoms with Crippen molar-refractivity contribution in [1.29, 1.82) is 0 Å². The van der Waals surface area contributed by atoms with Crippen LogP contribution in [-0.2, 0) is 4.79 Å². The number of para-hydroxylation sites is 2. The Bertz CT molecular complexity index is 912. The van der Waals surface area contributed by atoms with E-state index in [1.807, 2.05) is 36.4 Å². The number of hydrogen-bond acceptors (Lipinski definition) is 5. The molecule has 1 amide bonds. The van der Waals surface area contributed by atoms with Crippen LogP contribution >= 0.6 is 0 Å². The van der Waals surface area contributed by atoms with Crippen molar-refractivity contribution in [3.8, 4) is 17.2 Å². The predicted octanol–water partition coefficient (Wildman–Crippen LogP) is 3.22. The average Bonchev–Trinajstić information content (AvgIpc) is 2.76. The molecule has 29 heavy (non-hydrogen) atoms. The van der Waals surface area contributed by atoms with Crippen LogP contribution in [0.4, 0.5) is 5.69 Å². The summed E-state index contributed by atoms with van der Waals surface area (Å²) in [5.41, 5.74) is 2.01. The topological polar surface area (TPSA) is 51.2 Å². The van der Waals surface area contributed by atoms with E-state index < -0.39 is 0 Å². The molecule has 0 saturated heterocycles. The second-order valence-electron chi connectivity index (χ2n) is 7.20. The summed E-state index contributed by atoms with van der Waals surface area (Å²) in [6.45, 7) is 5.42. The maximum Gasteiger partial charge on any atom is 0.246 e. The first-order valence-electron chi connectivity index (χ1n) is 9.97. The van der Waals surface area contributed by atoms with E-state index in [0.29, 0.717) is 25.5 Å². The number of amides is 1. The van der Waals surface area contributed by atoms with Gasteiger partial charge in [0.25, 0.3) is 0 Å². The zero-order valence-corrected chi connectivity index (χ0v) is 16.8. The number of hydrogen-bond donors (Lipinski definition) is 0. The smallest absolute Gasteiger partial charge is 0.246 e. The summed E-state index contributed by atoms with van der Waals surface area (Å²) in [5.74, 6) is 2.27. The summed E-state index contributed by atoms with van der Waals surface area (Å²) in [7, 11) is 1.80. The molecule has 0 N–H and O–H groups in total. The van der Waals surface area contributed by atoms with Gasteiger partial charge in [0.15, 0.2) is 11.5 Å². The van der Waals surface area contributed by atoms with Gasteiger partial charge in [-0.1, -0.05) is 18.2 Å². The average molecular weight is 394 g/mol. The molecule has 0 spiro atoms. The fourth-order valence-corrected chi connectivity index (χ4v) is 3.63. The molecule has 2 aliphatic heterocycles. The van der Waals surface area contributed by atoms with Crippen LogP contribution in [0.25, 0.3) is 6.08 Å². The predicted molar refractivity (Wildman–Crippen MR) is 113 cm³/mol. The third-order valence-corrected chi connectivity index (χ3v) is 5.14. The molecule has 0 radical (unpaired) electrons. The first-order chi connectivity index (χ1) is 14.1. The van der Waals surface area contributed by atoms with Crippen molar-refractivity contribution in [2.75, 3.05) is 44.8 Å². The molecule has 0 fully saturated rings. The summed E-state index contributed by atoms with van der Waals surface area (Å²) in [5, 5.41) is 0. The molecule has 152 valence electrons. The van der Waals surface area contributed by atoms with Crippen LogP contribution in [-0.4, -0.2) is 56.8 Å². The van der Waals surface area contributed by atoms with Gasteiger partial charge >= 0.3 is 0 Å². The van der Waals surface area contributed by atoms with Crippen molar-refractivity contribution in [3.63, 3.8) is 0 Å². The molecule has 1 atom stereocenters. The molecule has 2 aliphatic rings. The largest absolute Gasteiger partial charge is 0.486 e. The normalized spacial score (nSPS) is 17.6. The number of benzene rings is 2. The fourth-order valence-electron chi connectivity index (χ4n) is 3.63. The maximum atomic E-state index is 12.6. The zero-order valence-electron chi connectivity index (χ0n) is 16.8. The molecule has 2 heterocycles. The van der Waals surface area contributed by atoms with E-state index in [1.165, 1.54) is 0 Å². The Labute approximate surface area is 171 Å². The molecule has 0 aromatic heterocycles. The Hall–Kier alpha value is -3.15. The lowest BCUT2D eigenvalue weighted by molar-refractivity contribution is -0.125. The van der Waals surface area contributed by atoms with Crippen molar-refractivity contribution in [1.82, 2.24) is 4.90 Å². The minimum Gasteiger partial charge on any atom is -0.486 e. The number of fused-ring (bicyclic) bond motifs is 2. The second kappa shape index (κ2) is 8.47. The van der Waals surface area contributed by atoms with Crippen LogP contribution in [0.3, 0.4) is 0 Å². The second-order valence-corrected chi connectivity index (χ2v) is 7.20. The fraction of sp³-hybridized carbons (Fsp3) is 0.348. The van der Waals surface area contributed by atoms with Crippen molar-refractivity contribution in [2.24, 2.45) is 0 Å². The molecule has 6 heteroatoms. The van der Waals surface area contributed by atoms with E-state index in [-0.39, 0.29) is 12.0 Å². The van der Waals surface area contributed by atoms with Gasteiger partial charge in [-0.25, -0.2) is 0 Å². The van der Waals surface area contributed by atoms with E-state index in [1.54, 1.807) is 24.1 Å². The van der Waals surface area contributed by atoms with E-state index >= 15 is 0 Å². The Kier molecular flexibility index (Phi) is 5.60. The Morgan fingerprint density at radius 3 is 2.76 bits per heavy atom. The molecular weight excluding hydrogens is 368 g/mol. The van der Waals surface area contributed by atoms with Gasteiger partial charge in [-0.2, -0.15) is 0 Å². The molecule has 0 unspecified atom stereocenters. The van der Waals surface area contributed by atoms with Gasteiger partial charge in [0.2, 0.25) is 5.91 Å². The highest BCUT2D eigenvalue weighted by Crippen LogP contribution is 2.33. The molecule has 2 aromatic rings. The SMILES string of the molecule is CCN1C[C@H](CN(C)C(=O)/C=C/c2ccc3c(c2)OCCO3)Oc2ccccc21. The van der Waals surface area contributed by atoms with Gasteiger partial charge in [-0.05, 0) is 42.8 Å². The molecule has 6 nitrogen and oxygen atoms in total. The monoisotopic (exact) mass is 394 g/mol. The number of ether oxygens (including phenoxy) is 3. The van der Waals surface area contributed by atoms with E-state index in [2.05, 4.69) is 17.9 Å². The van der Waals surface area contributed by atoms with E-state index in [0.717, 1.165) is 35.8 Å². The van der Waals surface area contributed by atoms with Crippen LogP contribution in [0.2, 0.25) is 0 Å². The van der Waals surface area contributed by atoms with Crippen molar-refractivity contribution in [2.45, 2.75) is 13.0 Å². The maximum absolute atomic E-state index is 12.6. The van der Waals surface area contributed by atoms with Crippen molar-refractivity contribution in [3.05, 3.63) is 54.1 Å². The molecule has 4 rings (SSSR count). The van der Waals surface area contributed by atoms with Gasteiger partial charge in [0.05, 0.1) is 18.8 Å². The lowest BCUT2D eigenvalue weighted by atomic mass is 10.1. The highest BCUT2D eigenvalue weighted by molar-refractivity contribution is 5.91. The highest BCUT2D eigenvalue weighted by atomic mass is 16.6. The lowest BCUT2D eigenvalue weighted by Gasteiger charge is -2.37. The summed E-state index contributed by atoms with van der Waals surface area (Å²) in [6, 6.07) is 13.7. The van der Waals surface area contributed by atoms with Gasteiger partial charge in [0.1, 0.15) is 25.1 Å². The number of carbonyl (C=O) groups excluding carboxylic acids is 1. The molecule has 0 bridgehead atoms. The van der Waals surface area contributed by atoms with Gasteiger partial charge in [-0.3, -0.25) is 4.79 Å². The highest BCUT2D eigenvalue weighted by Gasteiger charge is 2.26.